The van der Waals surface area contributed by atoms with Gasteiger partial charge in [0.1, 0.15) is 12.1 Å². The van der Waals surface area contributed by atoms with E-state index in [-0.39, 0.29) is 24.4 Å². The molecule has 172 valence electrons. The Bertz CT molecular complexity index is 1090. The van der Waals surface area contributed by atoms with Gasteiger partial charge >= 0.3 is 6.03 Å². The lowest BCUT2D eigenvalue weighted by Crippen LogP contribution is -2.49. The van der Waals surface area contributed by atoms with Gasteiger partial charge in [0.25, 0.3) is 5.91 Å². The van der Waals surface area contributed by atoms with E-state index in [4.69, 9.17) is 0 Å². The van der Waals surface area contributed by atoms with Crippen LogP contribution in [0.2, 0.25) is 0 Å². The lowest BCUT2D eigenvalue weighted by atomic mass is 9.79. The summed E-state index contributed by atoms with van der Waals surface area (Å²) in [5, 5.41) is 2.93. The van der Waals surface area contributed by atoms with Crippen molar-refractivity contribution in [3.8, 4) is 0 Å². The fraction of sp³-hybridized carbons (Fsp3) is 0.444. The van der Waals surface area contributed by atoms with Gasteiger partial charge in [0.05, 0.1) is 0 Å². The Kier molecular flexibility index (Phi) is 5.47. The van der Waals surface area contributed by atoms with Crippen molar-refractivity contribution in [3.63, 3.8) is 0 Å². The maximum Gasteiger partial charge on any atom is 0.325 e. The van der Waals surface area contributed by atoms with Crippen LogP contribution in [0.25, 0.3) is 0 Å². The van der Waals surface area contributed by atoms with Crippen LogP contribution in [0.1, 0.15) is 54.9 Å². The van der Waals surface area contributed by atoms with Gasteiger partial charge in [-0.2, -0.15) is 0 Å². The Labute approximate surface area is 194 Å². The lowest BCUT2D eigenvalue weighted by molar-refractivity contribution is -0.142. The largest absolute Gasteiger partial charge is 0.334 e. The molecule has 33 heavy (non-hydrogen) atoms. The highest BCUT2D eigenvalue weighted by atomic mass is 16.2. The van der Waals surface area contributed by atoms with Gasteiger partial charge in [0.15, 0.2) is 0 Å². The van der Waals surface area contributed by atoms with E-state index < -0.39 is 11.6 Å². The van der Waals surface area contributed by atoms with Gasteiger partial charge in [-0.05, 0) is 62.1 Å². The molecule has 2 aliphatic carbocycles. The highest BCUT2D eigenvalue weighted by molar-refractivity contribution is 6.09. The van der Waals surface area contributed by atoms with Crippen LogP contribution >= 0.6 is 0 Å². The molecule has 2 aromatic carbocycles. The van der Waals surface area contributed by atoms with Gasteiger partial charge in [0, 0.05) is 12.6 Å². The van der Waals surface area contributed by atoms with Crippen LogP contribution in [0, 0.1) is 12.8 Å². The third-order valence-electron chi connectivity index (χ3n) is 7.83. The molecule has 1 heterocycles. The normalized spacial score (nSPS) is 22.8. The molecule has 0 bridgehead atoms. The standard InChI is InChI=1S/C27H31N3O3/c1-18-10-12-20(13-11-18)16-29(19(2)21-7-5-8-21)24(31)17-30-25(32)27(28-26(30)33)15-14-22-6-3-4-9-23(22)27/h3-4,6,9-13,19,21H,5,7-8,14-17H2,1-2H3,(H,28,33)/t19-,27-/m0/s1. The Morgan fingerprint density at radius 3 is 2.58 bits per heavy atom. The summed E-state index contributed by atoms with van der Waals surface area (Å²) in [6, 6.07) is 15.5. The topological polar surface area (TPSA) is 69.7 Å². The van der Waals surface area contributed by atoms with Gasteiger partial charge in [0.2, 0.25) is 5.91 Å². The van der Waals surface area contributed by atoms with Crippen LogP contribution < -0.4 is 5.32 Å². The number of fused-ring (bicyclic) bond motifs is 2. The van der Waals surface area contributed by atoms with Crippen molar-refractivity contribution in [2.45, 2.75) is 64.1 Å². The summed E-state index contributed by atoms with van der Waals surface area (Å²) in [6.07, 6.45) is 4.69. The maximum absolute atomic E-state index is 13.5. The molecule has 1 saturated carbocycles. The molecule has 0 radical (unpaired) electrons. The van der Waals surface area contributed by atoms with E-state index in [1.54, 1.807) is 0 Å². The first kappa shape index (κ1) is 21.7. The molecule has 6 heteroatoms. The average molecular weight is 446 g/mol. The highest BCUT2D eigenvalue weighted by Crippen LogP contribution is 2.41. The summed E-state index contributed by atoms with van der Waals surface area (Å²) in [5.74, 6) is -0.0188. The predicted molar refractivity (Wildman–Crippen MR) is 125 cm³/mol. The maximum atomic E-state index is 13.5. The van der Waals surface area contributed by atoms with Gasteiger partial charge < -0.3 is 10.2 Å². The number of imide groups is 1. The molecule has 1 N–H and O–H groups in total. The van der Waals surface area contributed by atoms with Crippen LogP contribution in [0.4, 0.5) is 4.79 Å². The first-order valence-electron chi connectivity index (χ1n) is 12.0. The van der Waals surface area contributed by atoms with Crippen molar-refractivity contribution in [2.24, 2.45) is 5.92 Å². The number of nitrogens with one attached hydrogen (secondary N) is 1. The number of hydrogen-bond acceptors (Lipinski definition) is 3. The molecule has 4 amide bonds. The van der Waals surface area contributed by atoms with Gasteiger partial charge in [-0.3, -0.25) is 14.5 Å². The van der Waals surface area contributed by atoms with Gasteiger partial charge in [-0.15, -0.1) is 0 Å². The van der Waals surface area contributed by atoms with Crippen molar-refractivity contribution < 1.29 is 14.4 Å². The predicted octanol–water partition coefficient (Wildman–Crippen LogP) is 3.91. The number of carbonyl (C=O) groups excluding carboxylic acids is 3. The smallest absolute Gasteiger partial charge is 0.325 e. The van der Waals surface area contributed by atoms with Crippen LogP contribution in [-0.4, -0.2) is 40.2 Å². The Morgan fingerprint density at radius 2 is 1.88 bits per heavy atom. The fourth-order valence-corrected chi connectivity index (χ4v) is 5.49. The third kappa shape index (κ3) is 3.71. The molecular weight excluding hydrogens is 414 g/mol. The Balaban J connectivity index is 1.37. The molecule has 0 unspecified atom stereocenters. The first-order valence-corrected chi connectivity index (χ1v) is 12.0. The van der Waals surface area contributed by atoms with E-state index >= 15 is 0 Å². The van der Waals surface area contributed by atoms with Gasteiger partial charge in [-0.1, -0.05) is 60.5 Å². The van der Waals surface area contributed by atoms with Crippen LogP contribution in [0.5, 0.6) is 0 Å². The number of urea groups is 1. The van der Waals surface area contributed by atoms with Crippen molar-refractivity contribution in [1.29, 1.82) is 0 Å². The van der Waals surface area contributed by atoms with Crippen molar-refractivity contribution >= 4 is 17.8 Å². The summed E-state index contributed by atoms with van der Waals surface area (Å²) in [4.78, 5) is 42.9. The van der Waals surface area contributed by atoms with E-state index in [0.29, 0.717) is 18.9 Å². The molecule has 6 nitrogen and oxygen atoms in total. The number of rotatable bonds is 6. The molecule has 1 saturated heterocycles. The number of nitrogens with zero attached hydrogens (tertiary/aromatic N) is 2. The number of carbonyl (C=O) groups is 3. The molecule has 2 fully saturated rings. The second-order valence-corrected chi connectivity index (χ2v) is 9.82. The number of hydrogen-bond donors (Lipinski definition) is 1. The molecule has 3 aliphatic rings. The van der Waals surface area contributed by atoms with E-state index in [0.717, 1.165) is 40.9 Å². The minimum absolute atomic E-state index is 0.0643. The summed E-state index contributed by atoms with van der Waals surface area (Å²) in [7, 11) is 0. The van der Waals surface area contributed by atoms with Crippen LogP contribution in [0.3, 0.4) is 0 Å². The van der Waals surface area contributed by atoms with Crippen LogP contribution in [0.15, 0.2) is 48.5 Å². The Hall–Kier alpha value is -3.15. The highest BCUT2D eigenvalue weighted by Gasteiger charge is 2.55. The molecule has 1 spiro atoms. The summed E-state index contributed by atoms with van der Waals surface area (Å²) >= 11 is 0. The SMILES string of the molecule is Cc1ccc(CN(C(=O)CN2C(=O)N[C@]3(CCc4ccccc43)C2=O)[C@@H](C)C2CCC2)cc1. The zero-order chi connectivity index (χ0) is 23.2. The third-order valence-corrected chi connectivity index (χ3v) is 7.83. The minimum atomic E-state index is -1.03. The Morgan fingerprint density at radius 1 is 1.15 bits per heavy atom. The first-order chi connectivity index (χ1) is 15.9. The second-order valence-electron chi connectivity index (χ2n) is 9.82. The van der Waals surface area contributed by atoms with E-state index in [1.165, 1.54) is 12.0 Å². The van der Waals surface area contributed by atoms with Crippen molar-refractivity contribution in [3.05, 3.63) is 70.8 Å². The summed E-state index contributed by atoms with van der Waals surface area (Å²) in [5.41, 5.74) is 3.13. The van der Waals surface area contributed by atoms with E-state index in [9.17, 15) is 14.4 Å². The minimum Gasteiger partial charge on any atom is -0.334 e. The van der Waals surface area contributed by atoms with Gasteiger partial charge in [-0.25, -0.2) is 4.79 Å². The molecule has 2 atom stereocenters. The van der Waals surface area contributed by atoms with E-state index in [2.05, 4.69) is 12.2 Å². The molecular formula is C27H31N3O3. The molecule has 2 aromatic rings. The van der Waals surface area contributed by atoms with E-state index in [1.807, 2.05) is 60.4 Å². The molecule has 5 rings (SSSR count). The quantitative estimate of drug-likeness (QED) is 0.686. The van der Waals surface area contributed by atoms with Crippen LogP contribution in [-0.2, 0) is 28.1 Å². The monoisotopic (exact) mass is 445 g/mol. The fourth-order valence-electron chi connectivity index (χ4n) is 5.49. The number of aryl methyl sites for hydroxylation is 2. The van der Waals surface area contributed by atoms with Crippen molar-refractivity contribution in [1.82, 2.24) is 15.1 Å². The molecule has 1 aliphatic heterocycles. The zero-order valence-corrected chi connectivity index (χ0v) is 19.3. The lowest BCUT2D eigenvalue weighted by Gasteiger charge is -2.39. The number of amides is 4. The molecule has 0 aromatic heterocycles. The zero-order valence-electron chi connectivity index (χ0n) is 19.3. The second kappa shape index (κ2) is 8.32. The summed E-state index contributed by atoms with van der Waals surface area (Å²) in [6.45, 7) is 4.39. The number of benzene rings is 2. The average Bonchev–Trinajstić information content (AvgIpc) is 3.25. The van der Waals surface area contributed by atoms with Crippen molar-refractivity contribution in [2.75, 3.05) is 6.54 Å². The summed E-state index contributed by atoms with van der Waals surface area (Å²) < 4.78 is 0.